The molecule has 0 bridgehead atoms. The lowest BCUT2D eigenvalue weighted by atomic mass is 10.2. The number of hydrogen-bond donors (Lipinski definition) is 1. The molecule has 0 unspecified atom stereocenters. The molecule has 92 valence electrons. The topological polar surface area (TPSA) is 29.3 Å². The Hall–Kier alpha value is -1.35. The van der Waals surface area contributed by atoms with Crippen LogP contribution >= 0.6 is 0 Å². The SMILES string of the molecule is CCCCCNCc1c(C)nc2ccccn12. The highest BCUT2D eigenvalue weighted by Crippen LogP contribution is 2.11. The summed E-state index contributed by atoms with van der Waals surface area (Å²) in [6.07, 6.45) is 5.92. The average molecular weight is 231 g/mol. The van der Waals surface area contributed by atoms with Gasteiger partial charge in [-0.25, -0.2) is 4.98 Å². The molecule has 0 spiro atoms. The Morgan fingerprint density at radius 1 is 1.29 bits per heavy atom. The first-order valence-corrected chi connectivity index (χ1v) is 6.46. The van der Waals surface area contributed by atoms with Crippen LogP contribution in [0.15, 0.2) is 24.4 Å². The third-order valence-corrected chi connectivity index (χ3v) is 3.08. The summed E-state index contributed by atoms with van der Waals surface area (Å²) in [7, 11) is 0. The summed E-state index contributed by atoms with van der Waals surface area (Å²) in [4.78, 5) is 4.55. The lowest BCUT2D eigenvalue weighted by Gasteiger charge is -2.05. The van der Waals surface area contributed by atoms with Gasteiger partial charge in [0.1, 0.15) is 5.65 Å². The minimum atomic E-state index is 0.903. The number of imidazole rings is 1. The average Bonchev–Trinajstić information content (AvgIpc) is 2.65. The van der Waals surface area contributed by atoms with Gasteiger partial charge in [-0.1, -0.05) is 25.8 Å². The number of unbranched alkanes of at least 4 members (excludes halogenated alkanes) is 2. The molecular weight excluding hydrogens is 210 g/mol. The number of rotatable bonds is 6. The highest BCUT2D eigenvalue weighted by atomic mass is 15.0. The molecule has 0 fully saturated rings. The van der Waals surface area contributed by atoms with Crippen LogP contribution in [0, 0.1) is 6.92 Å². The number of nitrogens with zero attached hydrogens (tertiary/aromatic N) is 2. The molecule has 2 aromatic heterocycles. The van der Waals surface area contributed by atoms with Gasteiger partial charge in [0.05, 0.1) is 11.4 Å². The maximum Gasteiger partial charge on any atom is 0.137 e. The van der Waals surface area contributed by atoms with Crippen molar-refractivity contribution in [1.82, 2.24) is 14.7 Å². The monoisotopic (exact) mass is 231 g/mol. The summed E-state index contributed by atoms with van der Waals surface area (Å²) in [5.41, 5.74) is 3.44. The molecule has 0 aliphatic heterocycles. The van der Waals surface area contributed by atoms with Crippen LogP contribution in [0.2, 0.25) is 0 Å². The van der Waals surface area contributed by atoms with Gasteiger partial charge in [0.15, 0.2) is 0 Å². The van der Waals surface area contributed by atoms with Crippen molar-refractivity contribution in [3.05, 3.63) is 35.8 Å². The number of aryl methyl sites for hydroxylation is 1. The molecule has 2 heterocycles. The predicted octanol–water partition coefficient (Wildman–Crippen LogP) is 2.92. The summed E-state index contributed by atoms with van der Waals surface area (Å²) in [5.74, 6) is 0. The van der Waals surface area contributed by atoms with Crippen LogP contribution in [-0.2, 0) is 6.54 Å². The zero-order valence-corrected chi connectivity index (χ0v) is 10.7. The summed E-state index contributed by atoms with van der Waals surface area (Å²) in [6.45, 7) is 6.30. The van der Waals surface area contributed by atoms with Crippen LogP contribution in [0.4, 0.5) is 0 Å². The molecule has 1 N–H and O–H groups in total. The van der Waals surface area contributed by atoms with Crippen molar-refractivity contribution in [2.45, 2.75) is 39.7 Å². The van der Waals surface area contributed by atoms with Crippen molar-refractivity contribution in [1.29, 1.82) is 0 Å². The van der Waals surface area contributed by atoms with Gasteiger partial charge in [0.25, 0.3) is 0 Å². The third kappa shape index (κ3) is 2.86. The Morgan fingerprint density at radius 2 is 2.18 bits per heavy atom. The van der Waals surface area contributed by atoms with Gasteiger partial charge < -0.3 is 9.72 Å². The quantitative estimate of drug-likeness (QED) is 0.775. The summed E-state index contributed by atoms with van der Waals surface area (Å²) in [6, 6.07) is 6.13. The Bertz CT molecular complexity index is 473. The van der Waals surface area contributed by atoms with Crippen molar-refractivity contribution in [3.63, 3.8) is 0 Å². The van der Waals surface area contributed by atoms with Crippen LogP contribution in [-0.4, -0.2) is 15.9 Å². The first-order chi connectivity index (χ1) is 8.33. The first-order valence-electron chi connectivity index (χ1n) is 6.46. The number of hydrogen-bond acceptors (Lipinski definition) is 2. The van der Waals surface area contributed by atoms with E-state index >= 15 is 0 Å². The largest absolute Gasteiger partial charge is 0.311 e. The van der Waals surface area contributed by atoms with Crippen LogP contribution in [0.1, 0.15) is 37.6 Å². The van der Waals surface area contributed by atoms with Gasteiger partial charge in [-0.15, -0.1) is 0 Å². The smallest absolute Gasteiger partial charge is 0.137 e. The van der Waals surface area contributed by atoms with E-state index < -0.39 is 0 Å². The first kappa shape index (κ1) is 12.1. The second kappa shape index (κ2) is 5.82. The van der Waals surface area contributed by atoms with Gasteiger partial charge in [0.2, 0.25) is 0 Å². The Labute approximate surface area is 103 Å². The molecule has 3 nitrogen and oxygen atoms in total. The molecule has 2 rings (SSSR count). The second-order valence-electron chi connectivity index (χ2n) is 4.46. The fourth-order valence-corrected chi connectivity index (χ4v) is 2.08. The fourth-order valence-electron chi connectivity index (χ4n) is 2.08. The summed E-state index contributed by atoms with van der Waals surface area (Å²) in [5, 5.41) is 3.49. The molecule has 0 atom stereocenters. The van der Waals surface area contributed by atoms with Crippen LogP contribution < -0.4 is 5.32 Å². The normalized spacial score (nSPS) is 11.2. The fraction of sp³-hybridized carbons (Fsp3) is 0.500. The van der Waals surface area contributed by atoms with E-state index in [-0.39, 0.29) is 0 Å². The molecule has 0 saturated heterocycles. The Kier molecular flexibility index (Phi) is 4.15. The minimum absolute atomic E-state index is 0.903. The molecule has 0 aliphatic rings. The Morgan fingerprint density at radius 3 is 3.00 bits per heavy atom. The molecule has 0 radical (unpaired) electrons. The standard InChI is InChI=1S/C14H21N3/c1-3-4-6-9-15-11-13-12(2)16-14-8-5-7-10-17(13)14/h5,7-8,10,15H,3-4,6,9,11H2,1-2H3. The summed E-state index contributed by atoms with van der Waals surface area (Å²) >= 11 is 0. The zero-order chi connectivity index (χ0) is 12.1. The molecule has 0 aliphatic carbocycles. The summed E-state index contributed by atoms with van der Waals surface area (Å²) < 4.78 is 2.17. The highest BCUT2D eigenvalue weighted by Gasteiger charge is 2.06. The van der Waals surface area contributed by atoms with Crippen LogP contribution in [0.5, 0.6) is 0 Å². The van der Waals surface area contributed by atoms with Crippen LogP contribution in [0.3, 0.4) is 0 Å². The number of fused-ring (bicyclic) bond motifs is 1. The van der Waals surface area contributed by atoms with Gasteiger partial charge >= 0.3 is 0 Å². The molecular formula is C14H21N3. The maximum absolute atomic E-state index is 4.55. The van der Waals surface area contributed by atoms with Crippen molar-refractivity contribution >= 4 is 5.65 Å². The molecule has 2 aromatic rings. The minimum Gasteiger partial charge on any atom is -0.311 e. The van der Waals surface area contributed by atoms with Crippen molar-refractivity contribution in [2.75, 3.05) is 6.54 Å². The maximum atomic E-state index is 4.55. The van der Waals surface area contributed by atoms with E-state index in [1.807, 2.05) is 12.1 Å². The number of nitrogens with one attached hydrogen (secondary N) is 1. The van der Waals surface area contributed by atoms with E-state index in [4.69, 9.17) is 0 Å². The molecule has 17 heavy (non-hydrogen) atoms. The highest BCUT2D eigenvalue weighted by molar-refractivity contribution is 5.42. The van der Waals surface area contributed by atoms with Gasteiger partial charge in [-0.2, -0.15) is 0 Å². The third-order valence-electron chi connectivity index (χ3n) is 3.08. The van der Waals surface area contributed by atoms with E-state index in [2.05, 4.69) is 40.8 Å². The lowest BCUT2D eigenvalue weighted by molar-refractivity contribution is 0.607. The van der Waals surface area contributed by atoms with E-state index in [1.54, 1.807) is 0 Å². The van der Waals surface area contributed by atoms with Crippen molar-refractivity contribution < 1.29 is 0 Å². The van der Waals surface area contributed by atoms with E-state index in [0.717, 1.165) is 24.4 Å². The molecule has 0 aromatic carbocycles. The van der Waals surface area contributed by atoms with Gasteiger partial charge in [-0.3, -0.25) is 0 Å². The number of pyridine rings is 1. The van der Waals surface area contributed by atoms with E-state index in [0.29, 0.717) is 0 Å². The van der Waals surface area contributed by atoms with Crippen molar-refractivity contribution in [3.8, 4) is 0 Å². The van der Waals surface area contributed by atoms with Crippen molar-refractivity contribution in [2.24, 2.45) is 0 Å². The zero-order valence-electron chi connectivity index (χ0n) is 10.7. The molecule has 0 amide bonds. The van der Waals surface area contributed by atoms with Gasteiger partial charge in [0, 0.05) is 12.7 Å². The van der Waals surface area contributed by atoms with Gasteiger partial charge in [-0.05, 0) is 32.0 Å². The number of aromatic nitrogens is 2. The predicted molar refractivity (Wildman–Crippen MR) is 71.2 cm³/mol. The Balaban J connectivity index is 2.00. The molecule has 3 heteroatoms. The lowest BCUT2D eigenvalue weighted by Crippen LogP contribution is -2.16. The van der Waals surface area contributed by atoms with E-state index in [9.17, 15) is 0 Å². The van der Waals surface area contributed by atoms with E-state index in [1.165, 1.54) is 25.0 Å². The molecule has 0 saturated carbocycles. The van der Waals surface area contributed by atoms with Crippen LogP contribution in [0.25, 0.3) is 5.65 Å². The second-order valence-corrected chi connectivity index (χ2v) is 4.46.